The van der Waals surface area contributed by atoms with Gasteiger partial charge in [-0.25, -0.2) is 0 Å². The lowest BCUT2D eigenvalue weighted by molar-refractivity contribution is -0.0643. The first-order valence-corrected chi connectivity index (χ1v) is 6.40. The smallest absolute Gasteiger partial charge is 0.115 e. The van der Waals surface area contributed by atoms with E-state index in [-0.39, 0.29) is 17.9 Å². The molecule has 6 heteroatoms. The summed E-state index contributed by atoms with van der Waals surface area (Å²) in [6.45, 7) is 0.0440. The van der Waals surface area contributed by atoms with Crippen molar-refractivity contribution in [2.45, 2.75) is 30.9 Å². The van der Waals surface area contributed by atoms with Gasteiger partial charge in [0.1, 0.15) is 24.1 Å². The van der Waals surface area contributed by atoms with E-state index in [0.29, 0.717) is 6.54 Å². The molecule has 1 aliphatic rings. The first-order valence-electron chi connectivity index (χ1n) is 6.40. The number of aromatic hydroxyl groups is 1. The Hall–Kier alpha value is -1.44. The van der Waals surface area contributed by atoms with Crippen molar-refractivity contribution in [3.8, 4) is 5.75 Å². The minimum Gasteiger partial charge on any atom is -0.508 e. The van der Waals surface area contributed by atoms with Crippen molar-refractivity contribution >= 4 is 0 Å². The normalized spacial score (nSPS) is 30.1. The third-order valence-electron chi connectivity index (χ3n) is 3.48. The van der Waals surface area contributed by atoms with Crippen LogP contribution in [0, 0.1) is 0 Å². The fourth-order valence-corrected chi connectivity index (χ4v) is 2.22. The van der Waals surface area contributed by atoms with Gasteiger partial charge < -0.3 is 30.8 Å². The van der Waals surface area contributed by atoms with Crippen LogP contribution in [0.1, 0.15) is 5.56 Å². The van der Waals surface area contributed by atoms with Crippen LogP contribution in [0.5, 0.6) is 5.75 Å². The first-order chi connectivity index (χ1) is 9.52. The maximum absolute atomic E-state index is 9.90. The van der Waals surface area contributed by atoms with Crippen molar-refractivity contribution in [2.24, 2.45) is 0 Å². The molecule has 0 saturated carbocycles. The van der Waals surface area contributed by atoms with Gasteiger partial charge in [-0.05, 0) is 23.3 Å². The van der Waals surface area contributed by atoms with Gasteiger partial charge in [-0.3, -0.25) is 0 Å². The number of hydrogen-bond donors (Lipinski definition) is 6. The highest BCUT2D eigenvalue weighted by Gasteiger charge is 2.36. The molecule has 4 atom stereocenters. The fourth-order valence-electron chi connectivity index (χ4n) is 2.22. The van der Waals surface area contributed by atoms with Crippen LogP contribution in [0.2, 0.25) is 0 Å². The number of rotatable bonds is 4. The van der Waals surface area contributed by atoms with Gasteiger partial charge in [-0.1, -0.05) is 18.2 Å². The van der Waals surface area contributed by atoms with Crippen LogP contribution >= 0.6 is 0 Å². The first kappa shape index (κ1) is 15.0. The highest BCUT2D eigenvalue weighted by Crippen LogP contribution is 2.20. The van der Waals surface area contributed by atoms with Crippen molar-refractivity contribution in [3.05, 3.63) is 41.5 Å². The zero-order valence-corrected chi connectivity index (χ0v) is 10.8. The molecule has 0 aromatic heterocycles. The van der Waals surface area contributed by atoms with E-state index >= 15 is 0 Å². The average Bonchev–Trinajstić information content (AvgIpc) is 2.46. The van der Waals surface area contributed by atoms with E-state index in [1.54, 1.807) is 24.3 Å². The summed E-state index contributed by atoms with van der Waals surface area (Å²) in [6, 6.07) is 6.02. The highest BCUT2D eigenvalue weighted by atomic mass is 16.4. The molecule has 0 heterocycles. The average molecular weight is 281 g/mol. The summed E-state index contributed by atoms with van der Waals surface area (Å²) in [5.74, 6) is 0.174. The van der Waals surface area contributed by atoms with Crippen LogP contribution in [0.4, 0.5) is 0 Å². The molecule has 0 amide bonds. The van der Waals surface area contributed by atoms with Gasteiger partial charge in [0.2, 0.25) is 0 Å². The molecule has 0 bridgehead atoms. The van der Waals surface area contributed by atoms with Crippen molar-refractivity contribution < 1.29 is 25.5 Å². The summed E-state index contributed by atoms with van der Waals surface area (Å²) in [4.78, 5) is 0. The van der Waals surface area contributed by atoms with Crippen molar-refractivity contribution in [2.75, 3.05) is 6.61 Å². The summed E-state index contributed by atoms with van der Waals surface area (Å²) in [5.41, 5.74) is 1.18. The minimum atomic E-state index is -1.33. The number of nitrogens with one attached hydrogen (secondary N) is 1. The molecule has 0 fully saturated rings. The third-order valence-corrected chi connectivity index (χ3v) is 3.48. The summed E-state index contributed by atoms with van der Waals surface area (Å²) in [6.07, 6.45) is -2.21. The lowest BCUT2D eigenvalue weighted by atomic mass is 9.88. The topological polar surface area (TPSA) is 113 Å². The zero-order valence-electron chi connectivity index (χ0n) is 10.8. The van der Waals surface area contributed by atoms with Gasteiger partial charge in [-0.2, -0.15) is 0 Å². The molecule has 4 unspecified atom stereocenters. The molecule has 0 spiro atoms. The Balaban J connectivity index is 2.04. The van der Waals surface area contributed by atoms with Gasteiger partial charge in [0.25, 0.3) is 0 Å². The lowest BCUT2D eigenvalue weighted by Gasteiger charge is -2.34. The standard InChI is InChI=1S/C14H19NO5/c16-7-9-5-11(13(19)14(20)12(9)18)15-6-8-1-3-10(17)4-2-8/h1-5,11-20H,6-7H2. The molecule has 0 radical (unpaired) electrons. The molecule has 1 aromatic rings. The van der Waals surface area contributed by atoms with Crippen LogP contribution < -0.4 is 5.32 Å². The Labute approximate surface area is 116 Å². The second kappa shape index (κ2) is 6.34. The maximum atomic E-state index is 9.90. The number of hydrogen-bond acceptors (Lipinski definition) is 6. The van der Waals surface area contributed by atoms with Crippen LogP contribution in [-0.2, 0) is 6.54 Å². The van der Waals surface area contributed by atoms with E-state index in [1.807, 2.05) is 0 Å². The van der Waals surface area contributed by atoms with Gasteiger partial charge in [-0.15, -0.1) is 0 Å². The molecule has 20 heavy (non-hydrogen) atoms. The Morgan fingerprint density at radius 1 is 1.00 bits per heavy atom. The number of phenols is 1. The highest BCUT2D eigenvalue weighted by molar-refractivity contribution is 5.26. The van der Waals surface area contributed by atoms with Crippen LogP contribution in [-0.4, -0.2) is 56.5 Å². The molecule has 6 N–H and O–H groups in total. The monoisotopic (exact) mass is 281 g/mol. The lowest BCUT2D eigenvalue weighted by Crippen LogP contribution is -2.53. The second-order valence-electron chi connectivity index (χ2n) is 4.90. The molecule has 1 aliphatic carbocycles. The largest absolute Gasteiger partial charge is 0.508 e. The quantitative estimate of drug-likeness (QED) is 0.389. The summed E-state index contributed by atoms with van der Waals surface area (Å²) in [7, 11) is 0. The van der Waals surface area contributed by atoms with Gasteiger partial charge >= 0.3 is 0 Å². The predicted molar refractivity (Wildman–Crippen MR) is 71.9 cm³/mol. The number of phenolic OH excluding ortho intramolecular Hbond substituents is 1. The van der Waals surface area contributed by atoms with E-state index in [1.165, 1.54) is 6.08 Å². The van der Waals surface area contributed by atoms with Gasteiger partial charge in [0.05, 0.1) is 12.6 Å². The fraction of sp³-hybridized carbons (Fsp3) is 0.429. The molecule has 0 saturated heterocycles. The second-order valence-corrected chi connectivity index (χ2v) is 4.90. The summed E-state index contributed by atoms with van der Waals surface area (Å²) >= 11 is 0. The minimum absolute atomic E-state index is 0.174. The SMILES string of the molecule is OCC1=CC(NCc2ccc(O)cc2)C(O)C(O)C1O. The zero-order chi connectivity index (χ0) is 14.7. The Kier molecular flexibility index (Phi) is 4.74. The van der Waals surface area contributed by atoms with Gasteiger partial charge in [0.15, 0.2) is 0 Å². The molecule has 6 nitrogen and oxygen atoms in total. The van der Waals surface area contributed by atoms with Crippen LogP contribution in [0.15, 0.2) is 35.9 Å². The van der Waals surface area contributed by atoms with E-state index in [2.05, 4.69) is 5.32 Å². The Bertz CT molecular complexity index is 473. The van der Waals surface area contributed by atoms with E-state index in [9.17, 15) is 20.4 Å². The molecular formula is C14H19NO5. The number of aliphatic hydroxyl groups excluding tert-OH is 4. The molecule has 110 valence electrons. The predicted octanol–water partition coefficient (Wildman–Crippen LogP) is -1.13. The Morgan fingerprint density at radius 2 is 1.65 bits per heavy atom. The molecule has 2 rings (SSSR count). The van der Waals surface area contributed by atoms with Crippen molar-refractivity contribution in [1.29, 1.82) is 0 Å². The van der Waals surface area contributed by atoms with Gasteiger partial charge in [0, 0.05) is 6.54 Å². The van der Waals surface area contributed by atoms with E-state index in [0.717, 1.165) is 5.56 Å². The van der Waals surface area contributed by atoms with Crippen LogP contribution in [0.3, 0.4) is 0 Å². The maximum Gasteiger partial charge on any atom is 0.115 e. The molecule has 1 aromatic carbocycles. The van der Waals surface area contributed by atoms with Crippen LogP contribution in [0.25, 0.3) is 0 Å². The Morgan fingerprint density at radius 3 is 2.25 bits per heavy atom. The molecule has 0 aliphatic heterocycles. The third kappa shape index (κ3) is 3.17. The van der Waals surface area contributed by atoms with E-state index in [4.69, 9.17) is 5.11 Å². The number of aliphatic hydroxyl groups is 4. The number of benzene rings is 1. The van der Waals surface area contributed by atoms with E-state index < -0.39 is 24.4 Å². The van der Waals surface area contributed by atoms with Crippen molar-refractivity contribution in [1.82, 2.24) is 5.32 Å². The van der Waals surface area contributed by atoms with Crippen molar-refractivity contribution in [3.63, 3.8) is 0 Å². The molecular weight excluding hydrogens is 262 g/mol. The summed E-state index contributed by atoms with van der Waals surface area (Å²) < 4.78 is 0. The summed E-state index contributed by atoms with van der Waals surface area (Å²) in [5, 5.41) is 50.6.